The Morgan fingerprint density at radius 2 is 2.00 bits per heavy atom. The molecular formula is C8H9BrClNO2. The smallest absolute Gasteiger partial charge is 0.325 e. The van der Waals surface area contributed by atoms with E-state index in [2.05, 4.69) is 15.9 Å². The van der Waals surface area contributed by atoms with Gasteiger partial charge in [0.1, 0.15) is 6.04 Å². The summed E-state index contributed by atoms with van der Waals surface area (Å²) in [5.74, 6) is -1.03. The van der Waals surface area contributed by atoms with Crippen molar-refractivity contribution in [1.29, 1.82) is 0 Å². The zero-order valence-corrected chi connectivity index (χ0v) is 9.01. The molecule has 0 spiro atoms. The molecule has 0 fully saturated rings. The molecule has 3 nitrogen and oxygen atoms in total. The van der Waals surface area contributed by atoms with Gasteiger partial charge in [-0.2, -0.15) is 0 Å². The Morgan fingerprint density at radius 1 is 1.46 bits per heavy atom. The molecule has 0 saturated heterocycles. The molecular weight excluding hydrogens is 257 g/mol. The van der Waals surface area contributed by atoms with Crippen LogP contribution in [0.1, 0.15) is 11.6 Å². The van der Waals surface area contributed by atoms with Crippen LogP contribution in [0.3, 0.4) is 0 Å². The van der Waals surface area contributed by atoms with Crippen LogP contribution in [-0.4, -0.2) is 11.1 Å². The minimum absolute atomic E-state index is 0. The molecule has 3 N–H and O–H groups in total. The van der Waals surface area contributed by atoms with E-state index in [9.17, 15) is 4.79 Å². The maximum atomic E-state index is 10.5. The van der Waals surface area contributed by atoms with Crippen LogP contribution >= 0.6 is 28.3 Å². The highest BCUT2D eigenvalue weighted by atomic mass is 79.9. The number of carboxylic acids is 1. The summed E-state index contributed by atoms with van der Waals surface area (Å²) in [5.41, 5.74) is 6.00. The Bertz CT molecular complexity index is 306. The Hall–Kier alpha value is -0.580. The fourth-order valence-corrected chi connectivity index (χ4v) is 1.39. The predicted molar refractivity (Wildman–Crippen MR) is 56.0 cm³/mol. The summed E-state index contributed by atoms with van der Waals surface area (Å²) in [4.78, 5) is 10.5. The molecule has 0 radical (unpaired) electrons. The van der Waals surface area contributed by atoms with E-state index in [0.717, 1.165) is 4.47 Å². The van der Waals surface area contributed by atoms with E-state index in [0.29, 0.717) is 5.56 Å². The number of carbonyl (C=O) groups is 1. The van der Waals surface area contributed by atoms with Gasteiger partial charge in [-0.15, -0.1) is 12.4 Å². The van der Waals surface area contributed by atoms with Crippen molar-refractivity contribution < 1.29 is 9.90 Å². The molecule has 1 atom stereocenters. The largest absolute Gasteiger partial charge is 0.480 e. The summed E-state index contributed by atoms with van der Waals surface area (Å²) in [5, 5.41) is 8.61. The number of hydrogen-bond acceptors (Lipinski definition) is 2. The molecule has 13 heavy (non-hydrogen) atoms. The predicted octanol–water partition coefficient (Wildman–Crippen LogP) is 1.96. The van der Waals surface area contributed by atoms with Crippen molar-refractivity contribution in [2.24, 2.45) is 5.73 Å². The highest BCUT2D eigenvalue weighted by molar-refractivity contribution is 9.10. The van der Waals surface area contributed by atoms with Crippen LogP contribution < -0.4 is 5.73 Å². The number of carboxylic acid groups (broad SMARTS) is 1. The lowest BCUT2D eigenvalue weighted by Crippen LogP contribution is -2.20. The first kappa shape index (κ1) is 12.4. The molecule has 1 aromatic carbocycles. The molecule has 5 heteroatoms. The fraction of sp³-hybridized carbons (Fsp3) is 0.125. The van der Waals surface area contributed by atoms with Gasteiger partial charge in [0, 0.05) is 4.47 Å². The second kappa shape index (κ2) is 5.21. The van der Waals surface area contributed by atoms with E-state index in [1.807, 2.05) is 6.07 Å². The van der Waals surface area contributed by atoms with E-state index < -0.39 is 12.0 Å². The maximum absolute atomic E-state index is 10.5. The molecule has 0 amide bonds. The van der Waals surface area contributed by atoms with Gasteiger partial charge in [-0.25, -0.2) is 0 Å². The standard InChI is InChI=1S/C8H8BrNO2.ClH/c9-6-4-2-1-3-5(6)7(10)8(11)12;/h1-4,7H,10H2,(H,11,12);1H. The van der Waals surface area contributed by atoms with Gasteiger partial charge in [-0.1, -0.05) is 34.1 Å². The van der Waals surface area contributed by atoms with Crippen molar-refractivity contribution in [3.63, 3.8) is 0 Å². The van der Waals surface area contributed by atoms with Crippen LogP contribution in [0.5, 0.6) is 0 Å². The average Bonchev–Trinajstić information content (AvgIpc) is 2.04. The number of aliphatic carboxylic acids is 1. The van der Waals surface area contributed by atoms with Crippen LogP contribution in [-0.2, 0) is 4.79 Å². The first-order valence-corrected chi connectivity index (χ1v) is 4.15. The summed E-state index contributed by atoms with van der Waals surface area (Å²) in [6, 6.07) is 6.05. The quantitative estimate of drug-likeness (QED) is 0.860. The van der Waals surface area contributed by atoms with Gasteiger partial charge in [-0.05, 0) is 11.6 Å². The van der Waals surface area contributed by atoms with Crippen LogP contribution in [0.25, 0.3) is 0 Å². The Balaban J connectivity index is 0.00000144. The molecule has 0 heterocycles. The van der Waals surface area contributed by atoms with Crippen molar-refractivity contribution >= 4 is 34.3 Å². The van der Waals surface area contributed by atoms with Gasteiger partial charge in [0.25, 0.3) is 0 Å². The molecule has 72 valence electrons. The number of rotatable bonds is 2. The lowest BCUT2D eigenvalue weighted by molar-refractivity contribution is -0.138. The first-order valence-electron chi connectivity index (χ1n) is 3.35. The summed E-state index contributed by atoms with van der Waals surface area (Å²) >= 11 is 3.22. The molecule has 0 aliphatic heterocycles. The highest BCUT2D eigenvalue weighted by Crippen LogP contribution is 2.21. The molecule has 0 aliphatic carbocycles. The maximum Gasteiger partial charge on any atom is 0.325 e. The van der Waals surface area contributed by atoms with Crippen molar-refractivity contribution in [3.05, 3.63) is 34.3 Å². The van der Waals surface area contributed by atoms with Crippen LogP contribution in [0.4, 0.5) is 0 Å². The van der Waals surface area contributed by atoms with E-state index in [1.54, 1.807) is 18.2 Å². The van der Waals surface area contributed by atoms with Gasteiger partial charge in [0.2, 0.25) is 0 Å². The van der Waals surface area contributed by atoms with Gasteiger partial charge >= 0.3 is 5.97 Å². The van der Waals surface area contributed by atoms with Gasteiger partial charge in [0.05, 0.1) is 0 Å². The van der Waals surface area contributed by atoms with E-state index in [1.165, 1.54) is 0 Å². The second-order valence-electron chi connectivity index (χ2n) is 2.34. The first-order chi connectivity index (χ1) is 5.63. The second-order valence-corrected chi connectivity index (χ2v) is 3.19. The average molecular weight is 267 g/mol. The van der Waals surface area contributed by atoms with E-state index in [4.69, 9.17) is 10.8 Å². The summed E-state index contributed by atoms with van der Waals surface area (Å²) in [6.07, 6.45) is 0. The number of halogens is 2. The van der Waals surface area contributed by atoms with Crippen LogP contribution in [0.15, 0.2) is 28.7 Å². The molecule has 1 unspecified atom stereocenters. The van der Waals surface area contributed by atoms with E-state index in [-0.39, 0.29) is 12.4 Å². The molecule has 0 saturated carbocycles. The summed E-state index contributed by atoms with van der Waals surface area (Å²) in [7, 11) is 0. The number of hydrogen-bond donors (Lipinski definition) is 2. The minimum Gasteiger partial charge on any atom is -0.480 e. The Kier molecular flexibility index (Phi) is 4.98. The highest BCUT2D eigenvalue weighted by Gasteiger charge is 2.15. The lowest BCUT2D eigenvalue weighted by atomic mass is 10.1. The molecule has 0 bridgehead atoms. The zero-order valence-electron chi connectivity index (χ0n) is 6.61. The third kappa shape index (κ3) is 2.99. The Labute approximate surface area is 90.5 Å². The molecule has 1 aromatic rings. The fourth-order valence-electron chi connectivity index (χ4n) is 0.860. The summed E-state index contributed by atoms with van der Waals surface area (Å²) in [6.45, 7) is 0. The van der Waals surface area contributed by atoms with Gasteiger partial charge < -0.3 is 10.8 Å². The number of nitrogens with two attached hydrogens (primary N) is 1. The van der Waals surface area contributed by atoms with Gasteiger partial charge in [0.15, 0.2) is 0 Å². The normalized spacial score (nSPS) is 11.5. The van der Waals surface area contributed by atoms with Crippen LogP contribution in [0, 0.1) is 0 Å². The zero-order chi connectivity index (χ0) is 9.14. The van der Waals surface area contributed by atoms with Gasteiger partial charge in [-0.3, -0.25) is 4.79 Å². The monoisotopic (exact) mass is 265 g/mol. The van der Waals surface area contributed by atoms with Crippen molar-refractivity contribution in [1.82, 2.24) is 0 Å². The minimum atomic E-state index is -1.03. The molecule has 0 aromatic heterocycles. The lowest BCUT2D eigenvalue weighted by Gasteiger charge is -2.07. The SMILES string of the molecule is Cl.NC(C(=O)O)c1ccccc1Br. The van der Waals surface area contributed by atoms with E-state index >= 15 is 0 Å². The summed E-state index contributed by atoms with van der Waals surface area (Å²) < 4.78 is 0.722. The topological polar surface area (TPSA) is 63.3 Å². The Morgan fingerprint density at radius 3 is 2.46 bits per heavy atom. The molecule has 1 rings (SSSR count). The van der Waals surface area contributed by atoms with Crippen molar-refractivity contribution in [3.8, 4) is 0 Å². The van der Waals surface area contributed by atoms with Crippen LogP contribution in [0.2, 0.25) is 0 Å². The third-order valence-electron chi connectivity index (χ3n) is 1.51. The molecule has 0 aliphatic rings. The number of benzene rings is 1. The van der Waals surface area contributed by atoms with Crippen molar-refractivity contribution in [2.45, 2.75) is 6.04 Å². The van der Waals surface area contributed by atoms with Crippen molar-refractivity contribution in [2.75, 3.05) is 0 Å². The third-order valence-corrected chi connectivity index (χ3v) is 2.23.